The van der Waals surface area contributed by atoms with Gasteiger partial charge in [-0.25, -0.2) is 0 Å². The van der Waals surface area contributed by atoms with Crippen molar-refractivity contribution in [2.24, 2.45) is 5.92 Å². The van der Waals surface area contributed by atoms with Crippen LogP contribution in [0.3, 0.4) is 0 Å². The topological polar surface area (TPSA) is 89.9 Å². The van der Waals surface area contributed by atoms with Crippen LogP contribution in [0.5, 0.6) is 0 Å². The molecule has 0 radical (unpaired) electrons. The number of aromatic nitrogens is 4. The Kier molecular flexibility index (Phi) is 3.71. The molecule has 4 rings (SSSR count). The van der Waals surface area contributed by atoms with E-state index in [2.05, 4.69) is 25.6 Å². The summed E-state index contributed by atoms with van der Waals surface area (Å²) in [5.74, 6) is 3.19. The average Bonchev–Trinajstić information content (AvgIpc) is 3.12. The number of halogens is 1. The van der Waals surface area contributed by atoms with Crippen LogP contribution in [0.1, 0.15) is 42.7 Å². The standard InChI is InChI=1S/C13H17N5O2.ClH/c1-8-15-10(17-19-8)5-11-16-12(20-18-11)13-4-2-3-9(13)6-14-7-13;/h9,14H,2-7H2,1H3;1H/t9-,13-;/m1./s1. The number of aryl methyl sites for hydroxylation is 1. The highest BCUT2D eigenvalue weighted by Crippen LogP contribution is 2.47. The highest BCUT2D eigenvalue weighted by Gasteiger charge is 2.51. The molecule has 3 heterocycles. The fraction of sp³-hybridized carbons (Fsp3) is 0.692. The second kappa shape index (κ2) is 5.38. The first-order chi connectivity index (χ1) is 9.76. The lowest BCUT2D eigenvalue weighted by molar-refractivity contribution is 0.264. The van der Waals surface area contributed by atoms with Crippen LogP contribution < -0.4 is 5.32 Å². The predicted octanol–water partition coefficient (Wildman–Crippen LogP) is 1.41. The zero-order chi connectivity index (χ0) is 13.6. The maximum atomic E-state index is 5.54. The van der Waals surface area contributed by atoms with Crippen molar-refractivity contribution in [1.29, 1.82) is 0 Å². The molecule has 2 fully saturated rings. The van der Waals surface area contributed by atoms with Gasteiger partial charge in [-0.1, -0.05) is 16.7 Å². The fourth-order valence-electron chi connectivity index (χ4n) is 3.58. The summed E-state index contributed by atoms with van der Waals surface area (Å²) in [5, 5.41) is 11.4. The molecule has 1 saturated carbocycles. The van der Waals surface area contributed by atoms with Crippen molar-refractivity contribution in [3.63, 3.8) is 0 Å². The van der Waals surface area contributed by atoms with Crippen LogP contribution in [-0.2, 0) is 11.8 Å². The number of hydrogen-bond donors (Lipinski definition) is 1. The Bertz CT molecular complexity index is 616. The Balaban J connectivity index is 0.00000132. The quantitative estimate of drug-likeness (QED) is 0.916. The van der Waals surface area contributed by atoms with Gasteiger partial charge in [-0.15, -0.1) is 12.4 Å². The van der Waals surface area contributed by atoms with Crippen molar-refractivity contribution < 1.29 is 9.05 Å². The molecule has 0 spiro atoms. The van der Waals surface area contributed by atoms with Gasteiger partial charge in [0.25, 0.3) is 0 Å². The minimum absolute atomic E-state index is 0. The molecule has 1 aliphatic carbocycles. The lowest BCUT2D eigenvalue weighted by Gasteiger charge is -2.22. The van der Waals surface area contributed by atoms with Crippen molar-refractivity contribution in [2.75, 3.05) is 13.1 Å². The highest BCUT2D eigenvalue weighted by atomic mass is 35.5. The van der Waals surface area contributed by atoms with Crippen molar-refractivity contribution in [1.82, 2.24) is 25.6 Å². The third-order valence-corrected chi connectivity index (χ3v) is 4.57. The van der Waals surface area contributed by atoms with E-state index in [9.17, 15) is 0 Å². The Hall–Kier alpha value is -1.47. The highest BCUT2D eigenvalue weighted by molar-refractivity contribution is 5.85. The van der Waals surface area contributed by atoms with Gasteiger partial charge in [0, 0.05) is 13.5 Å². The van der Waals surface area contributed by atoms with Crippen LogP contribution in [0.2, 0.25) is 0 Å². The number of nitrogens with one attached hydrogen (secondary N) is 1. The van der Waals surface area contributed by atoms with Crippen molar-refractivity contribution in [3.05, 3.63) is 23.4 Å². The lowest BCUT2D eigenvalue weighted by atomic mass is 9.80. The molecule has 2 aromatic heterocycles. The molecule has 114 valence electrons. The molecule has 7 nitrogen and oxygen atoms in total. The van der Waals surface area contributed by atoms with Gasteiger partial charge in [0.15, 0.2) is 11.6 Å². The zero-order valence-electron chi connectivity index (χ0n) is 11.8. The smallest absolute Gasteiger partial charge is 0.234 e. The molecule has 2 aliphatic rings. The first kappa shape index (κ1) is 14.5. The SMILES string of the molecule is Cc1nc(Cc2noc([C@@]34CCC[C@@H]3CNC4)n2)no1.Cl. The van der Waals surface area contributed by atoms with Gasteiger partial charge >= 0.3 is 0 Å². The summed E-state index contributed by atoms with van der Waals surface area (Å²) in [4.78, 5) is 8.76. The molecule has 1 aliphatic heterocycles. The van der Waals surface area contributed by atoms with Gasteiger partial charge in [-0.3, -0.25) is 0 Å². The van der Waals surface area contributed by atoms with Gasteiger partial charge in [-0.05, 0) is 25.3 Å². The first-order valence-corrected chi connectivity index (χ1v) is 7.09. The van der Waals surface area contributed by atoms with Gasteiger partial charge in [0.2, 0.25) is 11.8 Å². The van der Waals surface area contributed by atoms with E-state index >= 15 is 0 Å². The minimum Gasteiger partial charge on any atom is -0.340 e. The fourth-order valence-corrected chi connectivity index (χ4v) is 3.58. The van der Waals surface area contributed by atoms with Crippen LogP contribution >= 0.6 is 12.4 Å². The molecule has 0 unspecified atom stereocenters. The molecule has 2 aromatic rings. The summed E-state index contributed by atoms with van der Waals surface area (Å²) in [6, 6.07) is 0. The molecule has 2 atom stereocenters. The lowest BCUT2D eigenvalue weighted by Crippen LogP contribution is -2.31. The van der Waals surface area contributed by atoms with Gasteiger partial charge in [0.1, 0.15) is 0 Å². The third kappa shape index (κ3) is 2.34. The van der Waals surface area contributed by atoms with E-state index in [0.717, 1.165) is 25.4 Å². The normalized spacial score (nSPS) is 27.6. The van der Waals surface area contributed by atoms with E-state index in [1.165, 1.54) is 12.8 Å². The van der Waals surface area contributed by atoms with E-state index in [-0.39, 0.29) is 17.8 Å². The van der Waals surface area contributed by atoms with E-state index in [1.54, 1.807) is 6.92 Å². The summed E-state index contributed by atoms with van der Waals surface area (Å²) >= 11 is 0. The second-order valence-corrected chi connectivity index (χ2v) is 5.80. The molecule has 0 bridgehead atoms. The number of hydrogen-bond acceptors (Lipinski definition) is 7. The van der Waals surface area contributed by atoms with Crippen LogP contribution in [-0.4, -0.2) is 33.4 Å². The molecule has 1 saturated heterocycles. The molecule has 8 heteroatoms. The number of nitrogens with zero attached hydrogens (tertiary/aromatic N) is 4. The first-order valence-electron chi connectivity index (χ1n) is 7.09. The predicted molar refractivity (Wildman–Crippen MR) is 75.3 cm³/mol. The zero-order valence-corrected chi connectivity index (χ0v) is 12.7. The monoisotopic (exact) mass is 311 g/mol. The van der Waals surface area contributed by atoms with Gasteiger partial charge in [0.05, 0.1) is 11.8 Å². The summed E-state index contributed by atoms with van der Waals surface area (Å²) in [5.41, 5.74) is 0.0540. The van der Waals surface area contributed by atoms with E-state index in [0.29, 0.717) is 29.9 Å². The van der Waals surface area contributed by atoms with Gasteiger partial charge < -0.3 is 14.4 Å². The van der Waals surface area contributed by atoms with Crippen molar-refractivity contribution in [3.8, 4) is 0 Å². The Morgan fingerprint density at radius 1 is 1.24 bits per heavy atom. The van der Waals surface area contributed by atoms with Crippen LogP contribution in [0.25, 0.3) is 0 Å². The van der Waals surface area contributed by atoms with Crippen LogP contribution in [0.4, 0.5) is 0 Å². The largest absolute Gasteiger partial charge is 0.340 e. The summed E-state index contributed by atoms with van der Waals surface area (Å²) < 4.78 is 10.5. The third-order valence-electron chi connectivity index (χ3n) is 4.57. The summed E-state index contributed by atoms with van der Waals surface area (Å²) in [6.45, 7) is 3.77. The second-order valence-electron chi connectivity index (χ2n) is 5.80. The Labute approximate surface area is 128 Å². The summed E-state index contributed by atoms with van der Waals surface area (Å²) in [7, 11) is 0. The van der Waals surface area contributed by atoms with Crippen molar-refractivity contribution >= 4 is 12.4 Å². The van der Waals surface area contributed by atoms with E-state index < -0.39 is 0 Å². The summed E-state index contributed by atoms with van der Waals surface area (Å²) in [6.07, 6.45) is 4.07. The maximum Gasteiger partial charge on any atom is 0.234 e. The Morgan fingerprint density at radius 3 is 2.86 bits per heavy atom. The Morgan fingerprint density at radius 2 is 2.05 bits per heavy atom. The average molecular weight is 312 g/mol. The molecular formula is C13H18ClN5O2. The van der Waals surface area contributed by atoms with Crippen LogP contribution in [0.15, 0.2) is 9.05 Å². The number of rotatable bonds is 3. The molecule has 1 N–H and O–H groups in total. The number of fused-ring (bicyclic) bond motifs is 1. The van der Waals surface area contributed by atoms with E-state index in [1.807, 2.05) is 0 Å². The molecule has 21 heavy (non-hydrogen) atoms. The van der Waals surface area contributed by atoms with Crippen molar-refractivity contribution in [2.45, 2.75) is 38.0 Å². The van der Waals surface area contributed by atoms with Gasteiger partial charge in [-0.2, -0.15) is 9.97 Å². The molecule has 0 amide bonds. The van der Waals surface area contributed by atoms with E-state index in [4.69, 9.17) is 9.05 Å². The minimum atomic E-state index is 0. The molecular weight excluding hydrogens is 294 g/mol. The van der Waals surface area contributed by atoms with Crippen LogP contribution in [0, 0.1) is 12.8 Å². The maximum absolute atomic E-state index is 5.54. The molecule has 0 aromatic carbocycles.